The van der Waals surface area contributed by atoms with Gasteiger partial charge in [0, 0.05) is 25.1 Å². The minimum absolute atomic E-state index is 0.0530. The summed E-state index contributed by atoms with van der Waals surface area (Å²) in [4.78, 5) is 18.5. The van der Waals surface area contributed by atoms with E-state index in [1.54, 1.807) is 23.1 Å². The maximum atomic E-state index is 13.9. The highest BCUT2D eigenvalue weighted by Crippen LogP contribution is 2.32. The molecule has 3 aromatic rings. The highest BCUT2D eigenvalue weighted by atomic mass is 19.1. The molecule has 1 aromatic heterocycles. The van der Waals surface area contributed by atoms with E-state index in [1.165, 1.54) is 6.07 Å². The van der Waals surface area contributed by atoms with Crippen molar-refractivity contribution in [3.63, 3.8) is 0 Å². The lowest BCUT2D eigenvalue weighted by molar-refractivity contribution is -0.128. The average molecular weight is 381 g/mol. The van der Waals surface area contributed by atoms with Crippen LogP contribution in [0.4, 0.5) is 4.39 Å². The van der Waals surface area contributed by atoms with E-state index < -0.39 is 0 Å². The number of likely N-dealkylation sites (tertiary alicyclic amines) is 1. The fraction of sp³-hybridized carbons (Fsp3) is 0.286. The van der Waals surface area contributed by atoms with Gasteiger partial charge in [-0.1, -0.05) is 35.5 Å². The van der Waals surface area contributed by atoms with Gasteiger partial charge in [0.1, 0.15) is 11.6 Å². The Bertz CT molecular complexity index is 988. The molecule has 1 unspecified atom stereocenters. The lowest BCUT2D eigenvalue weighted by Crippen LogP contribution is -2.24. The molecule has 2 heterocycles. The van der Waals surface area contributed by atoms with E-state index in [-0.39, 0.29) is 30.6 Å². The molecular formula is C21H20FN3O3. The van der Waals surface area contributed by atoms with E-state index in [9.17, 15) is 9.18 Å². The molecule has 1 amide bonds. The molecule has 0 bridgehead atoms. The summed E-state index contributed by atoms with van der Waals surface area (Å²) in [5.74, 6) is 0.944. The fourth-order valence-electron chi connectivity index (χ4n) is 3.37. The number of rotatable bonds is 6. The molecule has 2 aromatic carbocycles. The quantitative estimate of drug-likeness (QED) is 0.650. The Kier molecular flexibility index (Phi) is 5.06. The van der Waals surface area contributed by atoms with Crippen molar-refractivity contribution in [3.05, 3.63) is 65.8 Å². The first-order valence-electron chi connectivity index (χ1n) is 9.22. The number of para-hydroxylation sites is 1. The second kappa shape index (κ2) is 7.80. The average Bonchev–Trinajstić information content (AvgIpc) is 3.32. The number of aromatic nitrogens is 2. The molecule has 0 N–H and O–H groups in total. The summed E-state index contributed by atoms with van der Waals surface area (Å²) in [6.45, 7) is 3.09. The summed E-state index contributed by atoms with van der Waals surface area (Å²) in [5.41, 5.74) is 1.24. The molecule has 0 saturated carbocycles. The SMILES string of the molecule is CCOc1ccccc1-c1noc(C2CC(=O)N(Cc3ccccc3F)C2)n1. The molecule has 144 valence electrons. The second-order valence-corrected chi connectivity index (χ2v) is 6.65. The molecule has 1 aliphatic heterocycles. The van der Waals surface area contributed by atoms with Crippen molar-refractivity contribution in [2.45, 2.75) is 25.8 Å². The van der Waals surface area contributed by atoms with Crippen molar-refractivity contribution in [3.8, 4) is 17.1 Å². The third-order valence-corrected chi connectivity index (χ3v) is 4.75. The number of amides is 1. The lowest BCUT2D eigenvalue weighted by Gasteiger charge is -2.16. The topological polar surface area (TPSA) is 68.5 Å². The Morgan fingerprint density at radius 3 is 2.82 bits per heavy atom. The molecule has 1 fully saturated rings. The van der Waals surface area contributed by atoms with Gasteiger partial charge in [0.2, 0.25) is 17.6 Å². The monoisotopic (exact) mass is 381 g/mol. The second-order valence-electron chi connectivity index (χ2n) is 6.65. The summed E-state index contributed by atoms with van der Waals surface area (Å²) in [6.07, 6.45) is 0.267. The van der Waals surface area contributed by atoms with Gasteiger partial charge < -0.3 is 14.2 Å². The Labute approximate surface area is 161 Å². The van der Waals surface area contributed by atoms with Crippen molar-refractivity contribution in [2.75, 3.05) is 13.2 Å². The van der Waals surface area contributed by atoms with Gasteiger partial charge in [0.05, 0.1) is 18.1 Å². The largest absolute Gasteiger partial charge is 0.493 e. The van der Waals surface area contributed by atoms with E-state index in [0.717, 1.165) is 5.56 Å². The number of benzene rings is 2. The Morgan fingerprint density at radius 1 is 1.21 bits per heavy atom. The van der Waals surface area contributed by atoms with Gasteiger partial charge in [-0.2, -0.15) is 4.98 Å². The Balaban J connectivity index is 1.51. The van der Waals surface area contributed by atoms with Gasteiger partial charge in [-0.05, 0) is 25.1 Å². The first-order valence-corrected chi connectivity index (χ1v) is 9.22. The first kappa shape index (κ1) is 18.2. The van der Waals surface area contributed by atoms with E-state index in [4.69, 9.17) is 9.26 Å². The molecule has 1 atom stereocenters. The fourth-order valence-corrected chi connectivity index (χ4v) is 3.37. The third kappa shape index (κ3) is 3.60. The zero-order chi connectivity index (χ0) is 19.5. The van der Waals surface area contributed by atoms with Crippen LogP contribution in [0.3, 0.4) is 0 Å². The van der Waals surface area contributed by atoms with Crippen LogP contribution in [0.2, 0.25) is 0 Å². The van der Waals surface area contributed by atoms with Crippen LogP contribution in [-0.2, 0) is 11.3 Å². The van der Waals surface area contributed by atoms with Crippen molar-refractivity contribution in [2.24, 2.45) is 0 Å². The van der Waals surface area contributed by atoms with E-state index in [0.29, 0.717) is 36.2 Å². The van der Waals surface area contributed by atoms with E-state index >= 15 is 0 Å². The smallest absolute Gasteiger partial charge is 0.232 e. The van der Waals surface area contributed by atoms with E-state index in [1.807, 2.05) is 31.2 Å². The summed E-state index contributed by atoms with van der Waals surface area (Å²) < 4.78 is 24.9. The first-order chi connectivity index (χ1) is 13.7. The standard InChI is InChI=1S/C21H20FN3O3/c1-2-27-18-10-6-4-8-16(18)20-23-21(28-24-20)15-11-19(26)25(13-15)12-14-7-3-5-9-17(14)22/h3-10,15H,2,11-13H2,1H3. The maximum Gasteiger partial charge on any atom is 0.232 e. The zero-order valence-corrected chi connectivity index (χ0v) is 15.5. The predicted octanol–water partition coefficient (Wildman–Crippen LogP) is 3.79. The number of carbonyl (C=O) groups excluding carboxylic acids is 1. The minimum Gasteiger partial charge on any atom is -0.493 e. The van der Waals surface area contributed by atoms with Crippen molar-refractivity contribution in [1.29, 1.82) is 0 Å². The van der Waals surface area contributed by atoms with Gasteiger partial charge >= 0.3 is 0 Å². The van der Waals surface area contributed by atoms with Crippen LogP contribution in [0.15, 0.2) is 53.1 Å². The van der Waals surface area contributed by atoms with Gasteiger partial charge in [0.15, 0.2) is 0 Å². The summed E-state index contributed by atoms with van der Waals surface area (Å²) >= 11 is 0. The van der Waals surface area contributed by atoms with Crippen LogP contribution in [0.1, 0.15) is 30.7 Å². The van der Waals surface area contributed by atoms with Crippen molar-refractivity contribution in [1.82, 2.24) is 15.0 Å². The molecule has 0 aliphatic carbocycles. The summed E-state index contributed by atoms with van der Waals surface area (Å²) in [5, 5.41) is 4.07. The predicted molar refractivity (Wildman–Crippen MR) is 100 cm³/mol. The van der Waals surface area contributed by atoms with Crippen molar-refractivity contribution >= 4 is 5.91 Å². The molecule has 0 radical (unpaired) electrons. The number of ether oxygens (including phenoxy) is 1. The van der Waals surface area contributed by atoms with Gasteiger partial charge in [0.25, 0.3) is 0 Å². The number of hydrogen-bond acceptors (Lipinski definition) is 5. The molecule has 4 rings (SSSR count). The minimum atomic E-state index is -0.314. The Hall–Kier alpha value is -3.22. The highest BCUT2D eigenvalue weighted by Gasteiger charge is 2.34. The molecule has 1 aliphatic rings. The van der Waals surface area contributed by atoms with Crippen LogP contribution in [0, 0.1) is 5.82 Å². The molecule has 1 saturated heterocycles. The third-order valence-electron chi connectivity index (χ3n) is 4.75. The summed E-state index contributed by atoms with van der Waals surface area (Å²) in [7, 11) is 0. The molecular weight excluding hydrogens is 361 g/mol. The number of carbonyl (C=O) groups is 1. The van der Waals surface area contributed by atoms with Crippen molar-refractivity contribution < 1.29 is 18.4 Å². The number of nitrogens with zero attached hydrogens (tertiary/aromatic N) is 3. The molecule has 7 heteroatoms. The Morgan fingerprint density at radius 2 is 2.00 bits per heavy atom. The van der Waals surface area contributed by atoms with Crippen LogP contribution in [0.5, 0.6) is 5.75 Å². The van der Waals surface area contributed by atoms with Gasteiger partial charge in [-0.3, -0.25) is 4.79 Å². The highest BCUT2D eigenvalue weighted by molar-refractivity contribution is 5.79. The number of halogens is 1. The molecule has 28 heavy (non-hydrogen) atoms. The van der Waals surface area contributed by atoms with Gasteiger partial charge in [-0.15, -0.1) is 0 Å². The molecule has 0 spiro atoms. The number of hydrogen-bond donors (Lipinski definition) is 0. The van der Waals surface area contributed by atoms with Gasteiger partial charge in [-0.25, -0.2) is 4.39 Å². The zero-order valence-electron chi connectivity index (χ0n) is 15.5. The lowest BCUT2D eigenvalue weighted by atomic mass is 10.1. The van der Waals surface area contributed by atoms with Crippen LogP contribution in [0.25, 0.3) is 11.4 Å². The van der Waals surface area contributed by atoms with Crippen LogP contribution >= 0.6 is 0 Å². The van der Waals surface area contributed by atoms with Crippen LogP contribution in [-0.4, -0.2) is 34.1 Å². The summed E-state index contributed by atoms with van der Waals surface area (Å²) in [6, 6.07) is 14.0. The maximum absolute atomic E-state index is 13.9. The van der Waals surface area contributed by atoms with E-state index in [2.05, 4.69) is 10.1 Å². The normalized spacial score (nSPS) is 16.6. The molecule has 6 nitrogen and oxygen atoms in total. The van der Waals surface area contributed by atoms with Crippen LogP contribution < -0.4 is 4.74 Å².